The van der Waals surface area contributed by atoms with E-state index in [-0.39, 0.29) is 12.1 Å². The van der Waals surface area contributed by atoms with Gasteiger partial charge in [-0.25, -0.2) is 0 Å². The van der Waals surface area contributed by atoms with Crippen LogP contribution in [0.2, 0.25) is 0 Å². The Labute approximate surface area is 265 Å². The molecule has 5 aromatic carbocycles. The molecule has 45 heavy (non-hydrogen) atoms. The van der Waals surface area contributed by atoms with Crippen LogP contribution in [0.5, 0.6) is 0 Å². The predicted molar refractivity (Wildman–Crippen MR) is 195 cm³/mol. The second kappa shape index (κ2) is 10.7. The number of amidine groups is 1. The van der Waals surface area contributed by atoms with Crippen LogP contribution in [-0.2, 0) is 6.42 Å². The molecule has 1 aliphatic carbocycles. The lowest BCUT2D eigenvalue weighted by Crippen LogP contribution is -2.40. The van der Waals surface area contributed by atoms with E-state index in [1.54, 1.807) is 0 Å². The summed E-state index contributed by atoms with van der Waals surface area (Å²) in [6, 6.07) is 29.2. The summed E-state index contributed by atoms with van der Waals surface area (Å²) in [6.07, 6.45) is 17.5. The molecule has 0 saturated heterocycles. The van der Waals surface area contributed by atoms with E-state index in [1.165, 1.54) is 60.3 Å². The van der Waals surface area contributed by atoms with E-state index in [0.29, 0.717) is 0 Å². The van der Waals surface area contributed by atoms with Crippen molar-refractivity contribution < 1.29 is 0 Å². The van der Waals surface area contributed by atoms with Gasteiger partial charge >= 0.3 is 0 Å². The lowest BCUT2D eigenvalue weighted by molar-refractivity contribution is 0.747. The molecular weight excluding hydrogens is 544 g/mol. The molecule has 218 valence electrons. The lowest BCUT2D eigenvalue weighted by Gasteiger charge is -2.34. The third-order valence-corrected chi connectivity index (χ3v) is 9.76. The summed E-state index contributed by atoms with van der Waals surface area (Å²) in [4.78, 5) is 7.56. The fourth-order valence-corrected chi connectivity index (χ4v) is 7.60. The van der Waals surface area contributed by atoms with Gasteiger partial charge in [0.05, 0.1) is 17.8 Å². The highest BCUT2D eigenvalue weighted by Crippen LogP contribution is 2.44. The minimum Gasteiger partial charge on any atom is -0.316 e. The third-order valence-electron chi connectivity index (χ3n) is 9.76. The van der Waals surface area contributed by atoms with Gasteiger partial charge in [0, 0.05) is 11.1 Å². The number of nitrogens with zero attached hydrogens (tertiary/aromatic N) is 2. The van der Waals surface area contributed by atoms with E-state index in [4.69, 9.17) is 4.99 Å². The van der Waals surface area contributed by atoms with Crippen molar-refractivity contribution in [1.29, 1.82) is 0 Å². The van der Waals surface area contributed by atoms with E-state index >= 15 is 0 Å². The minimum absolute atomic E-state index is 0.00609. The van der Waals surface area contributed by atoms with Crippen LogP contribution in [0, 0.1) is 0 Å². The molecule has 5 aromatic rings. The van der Waals surface area contributed by atoms with Crippen LogP contribution < -0.4 is 10.1 Å². The second-order valence-corrected chi connectivity index (χ2v) is 12.2. The predicted octanol–water partition coefficient (Wildman–Crippen LogP) is 9.86. The summed E-state index contributed by atoms with van der Waals surface area (Å²) in [7, 11) is 0. The fourth-order valence-electron chi connectivity index (χ4n) is 7.60. The molecule has 2 heterocycles. The monoisotopic (exact) mass is 580 g/mol. The van der Waals surface area contributed by atoms with Gasteiger partial charge in [-0.1, -0.05) is 116 Å². The second-order valence-electron chi connectivity index (χ2n) is 12.2. The first kappa shape index (κ1) is 27.3. The van der Waals surface area contributed by atoms with E-state index in [2.05, 4.69) is 147 Å². The highest BCUT2D eigenvalue weighted by atomic mass is 15.3. The molecule has 3 aliphatic rings. The summed E-state index contributed by atoms with van der Waals surface area (Å²) < 4.78 is 0. The summed E-state index contributed by atoms with van der Waals surface area (Å²) in [5.41, 5.74) is 10.7. The topological polar surface area (TPSA) is 15.6 Å². The van der Waals surface area contributed by atoms with Crippen LogP contribution in [0.25, 0.3) is 49.9 Å². The minimum atomic E-state index is -0.00609. The largest absolute Gasteiger partial charge is 0.316 e. The number of fused-ring (bicyclic) bond motifs is 6. The number of benzene rings is 5. The standard InChI is InChI=1S/C43H36N2/c1-5-11-40-38(7-3)44-43-37-26-32(22-24-34(37)35-14-8-9-15-39(35)45(40)43)27(4)16-17-28(6-2)33-23-20-31-19-18-29-12-10-13-30-21-25-36(33)42(31)41(29)30/h5-9,11,13-26,38,40H,3-4,10,12H2,1-2H3/b11-5-,17-16-,28-6+/t38-,40?/m0/s1. The first-order chi connectivity index (χ1) is 22.1. The van der Waals surface area contributed by atoms with Crippen LogP contribution in [-0.4, -0.2) is 17.9 Å². The number of rotatable bonds is 6. The van der Waals surface area contributed by atoms with Crippen molar-refractivity contribution in [3.05, 3.63) is 156 Å². The zero-order chi connectivity index (χ0) is 30.7. The molecule has 0 saturated carbocycles. The quantitative estimate of drug-likeness (QED) is 0.144. The number of para-hydroxylation sites is 1. The van der Waals surface area contributed by atoms with Crippen LogP contribution in [0.1, 0.15) is 42.5 Å². The molecule has 0 fully saturated rings. The molecule has 0 radical (unpaired) electrons. The van der Waals surface area contributed by atoms with Crippen LogP contribution >= 0.6 is 0 Å². The van der Waals surface area contributed by atoms with Gasteiger partial charge in [0.2, 0.25) is 0 Å². The molecular formula is C43H36N2. The number of hydrogen-bond donors (Lipinski definition) is 0. The SMILES string of the molecule is C=C[C@@H]1N=C2c3cc(C(=C)/C=C\C(=C/C)c4ccc5ccc6c7c(ccc4c57)=CCC6)ccc3-c3ccccc3N2C1/C=C\C. The van der Waals surface area contributed by atoms with Crippen molar-refractivity contribution in [1.82, 2.24) is 0 Å². The number of aliphatic imine (C=N–C) groups is 1. The molecule has 0 N–H and O–H groups in total. The molecule has 2 aliphatic heterocycles. The lowest BCUT2D eigenvalue weighted by atomic mass is 9.87. The first-order valence-corrected chi connectivity index (χ1v) is 16.0. The van der Waals surface area contributed by atoms with Crippen molar-refractivity contribution in [2.45, 2.75) is 38.8 Å². The van der Waals surface area contributed by atoms with Gasteiger partial charge in [0.15, 0.2) is 0 Å². The Balaban J connectivity index is 1.18. The molecule has 0 aromatic heterocycles. The average Bonchev–Trinajstić information content (AvgIpc) is 3.46. The third kappa shape index (κ3) is 4.20. The van der Waals surface area contributed by atoms with E-state index in [0.717, 1.165) is 35.4 Å². The Hall–Kier alpha value is -5.21. The van der Waals surface area contributed by atoms with E-state index < -0.39 is 0 Å². The molecule has 0 amide bonds. The van der Waals surface area contributed by atoms with Crippen molar-refractivity contribution >= 4 is 50.3 Å². The summed E-state index contributed by atoms with van der Waals surface area (Å²) >= 11 is 0. The number of hydrogen-bond acceptors (Lipinski definition) is 2. The Morgan fingerprint density at radius 1 is 0.889 bits per heavy atom. The van der Waals surface area contributed by atoms with Gasteiger partial charge in [0.25, 0.3) is 0 Å². The van der Waals surface area contributed by atoms with Gasteiger partial charge in [-0.15, -0.1) is 6.58 Å². The zero-order valence-electron chi connectivity index (χ0n) is 25.9. The Kier molecular flexibility index (Phi) is 6.53. The summed E-state index contributed by atoms with van der Waals surface area (Å²) in [5.74, 6) is 1.00. The Morgan fingerprint density at radius 3 is 2.60 bits per heavy atom. The van der Waals surface area contributed by atoms with E-state index in [9.17, 15) is 0 Å². The number of anilines is 1. The fraction of sp³-hybridized carbons (Fsp3) is 0.140. The van der Waals surface area contributed by atoms with Crippen molar-refractivity contribution in [2.75, 3.05) is 4.90 Å². The summed E-state index contributed by atoms with van der Waals surface area (Å²) in [6.45, 7) is 12.8. The smallest absolute Gasteiger partial charge is 0.137 e. The zero-order valence-corrected chi connectivity index (χ0v) is 25.9. The molecule has 2 heteroatoms. The molecule has 2 atom stereocenters. The van der Waals surface area contributed by atoms with Gasteiger partial charge in [-0.3, -0.25) is 4.99 Å². The average molecular weight is 581 g/mol. The van der Waals surface area contributed by atoms with Crippen molar-refractivity contribution in [3.8, 4) is 11.1 Å². The van der Waals surface area contributed by atoms with Crippen LogP contribution in [0.4, 0.5) is 5.69 Å². The molecule has 8 rings (SSSR count). The number of aryl methyl sites for hydroxylation is 1. The first-order valence-electron chi connectivity index (χ1n) is 16.0. The van der Waals surface area contributed by atoms with Gasteiger partial charge in [-0.05, 0) is 99.0 Å². The van der Waals surface area contributed by atoms with Crippen LogP contribution in [0.3, 0.4) is 0 Å². The highest BCUT2D eigenvalue weighted by molar-refractivity contribution is 6.21. The van der Waals surface area contributed by atoms with Crippen molar-refractivity contribution in [3.63, 3.8) is 0 Å². The molecule has 2 nitrogen and oxygen atoms in total. The maximum Gasteiger partial charge on any atom is 0.137 e. The van der Waals surface area contributed by atoms with E-state index in [1.807, 2.05) is 6.08 Å². The van der Waals surface area contributed by atoms with Gasteiger partial charge < -0.3 is 4.90 Å². The maximum absolute atomic E-state index is 5.18. The van der Waals surface area contributed by atoms with Gasteiger partial charge in [0.1, 0.15) is 5.84 Å². The Bertz CT molecular complexity index is 2240. The molecule has 1 unspecified atom stereocenters. The Morgan fingerprint density at radius 2 is 1.76 bits per heavy atom. The van der Waals surface area contributed by atoms with Crippen molar-refractivity contribution in [2.24, 2.45) is 4.99 Å². The molecule has 0 spiro atoms. The maximum atomic E-state index is 5.18. The highest BCUT2D eigenvalue weighted by Gasteiger charge is 2.39. The normalized spacial score (nSPS) is 18.7. The van der Waals surface area contributed by atoms with Crippen LogP contribution in [0.15, 0.2) is 133 Å². The summed E-state index contributed by atoms with van der Waals surface area (Å²) in [5, 5.41) is 6.80. The van der Waals surface area contributed by atoms with Gasteiger partial charge in [-0.2, -0.15) is 0 Å². The number of allylic oxidation sites excluding steroid dienone is 6. The molecule has 0 bridgehead atoms.